The van der Waals surface area contributed by atoms with Crippen molar-refractivity contribution in [2.24, 2.45) is 0 Å². The molecule has 55 heavy (non-hydrogen) atoms. The Morgan fingerprint density at radius 2 is 1.65 bits per heavy atom. The van der Waals surface area contributed by atoms with Gasteiger partial charge >= 0.3 is 6.09 Å². The smallest absolute Gasteiger partial charge is 0.411 e. The quantitative estimate of drug-likeness (QED) is 0.101. The number of fused-ring (bicyclic) bond motifs is 1. The van der Waals surface area contributed by atoms with Crippen LogP contribution in [0.25, 0.3) is 22.0 Å². The van der Waals surface area contributed by atoms with E-state index in [-0.39, 0.29) is 24.4 Å². The number of carbonyl (C=O) groups excluding carboxylic acids is 3. The summed E-state index contributed by atoms with van der Waals surface area (Å²) in [6.45, 7) is 5.05. The van der Waals surface area contributed by atoms with Crippen molar-refractivity contribution in [2.75, 3.05) is 6.54 Å². The van der Waals surface area contributed by atoms with E-state index in [9.17, 15) is 32.9 Å². The lowest BCUT2D eigenvalue weighted by Crippen LogP contribution is -2.54. The molecular weight excluding hydrogens is 750 g/mol. The second-order valence-corrected chi connectivity index (χ2v) is 16.1. The number of carbonyl (C=O) groups is 3. The molecule has 4 aromatic carbocycles. The molecule has 6 rings (SSSR count). The van der Waals surface area contributed by atoms with Crippen molar-refractivity contribution in [3.8, 4) is 16.9 Å². The molecule has 3 amide bonds. The van der Waals surface area contributed by atoms with Crippen molar-refractivity contribution in [3.05, 3.63) is 124 Å². The molecule has 0 spiro atoms. The first kappa shape index (κ1) is 38.8. The van der Waals surface area contributed by atoms with E-state index >= 15 is 0 Å². The largest absolute Gasteiger partial charge is 0.488 e. The molecule has 1 fully saturated rings. The van der Waals surface area contributed by atoms with Gasteiger partial charge in [0.05, 0.1) is 16.4 Å². The van der Waals surface area contributed by atoms with Crippen LogP contribution in [-0.2, 0) is 30.8 Å². The molecule has 1 aliphatic heterocycles. The van der Waals surface area contributed by atoms with E-state index in [1.165, 1.54) is 4.90 Å². The number of para-hydroxylation sites is 1. The SMILES string of the molecule is CC(C)(C)OC(=O)N1C[C@@H](Oc2ccc(-c3ccccc3)cc2)C[C@H]1C(=O)N[C@@H](Cc1c[nH]c2ccccc12)C(=O)NS(=O)(=O)c1ccc(Cl)c([N+](=O)[O-])c1. The Balaban J connectivity index is 1.26. The highest BCUT2D eigenvalue weighted by Crippen LogP contribution is 2.29. The van der Waals surface area contributed by atoms with E-state index in [4.69, 9.17) is 21.1 Å². The van der Waals surface area contributed by atoms with E-state index in [1.807, 2.05) is 59.3 Å². The van der Waals surface area contributed by atoms with Crippen LogP contribution in [0.4, 0.5) is 10.5 Å². The van der Waals surface area contributed by atoms with Gasteiger partial charge < -0.3 is 19.8 Å². The van der Waals surface area contributed by atoms with Crippen LogP contribution >= 0.6 is 11.6 Å². The number of ether oxygens (including phenoxy) is 2. The Morgan fingerprint density at radius 3 is 2.35 bits per heavy atom. The Morgan fingerprint density at radius 1 is 0.982 bits per heavy atom. The zero-order valence-electron chi connectivity index (χ0n) is 30.0. The van der Waals surface area contributed by atoms with Gasteiger partial charge in [0.1, 0.15) is 34.6 Å². The lowest BCUT2D eigenvalue weighted by molar-refractivity contribution is -0.384. The summed E-state index contributed by atoms with van der Waals surface area (Å²) >= 11 is 5.88. The number of amides is 3. The molecule has 16 heteroatoms. The maximum atomic E-state index is 14.2. The number of nitrogens with one attached hydrogen (secondary N) is 3. The zero-order chi connectivity index (χ0) is 39.5. The molecule has 0 radical (unpaired) electrons. The maximum Gasteiger partial charge on any atom is 0.411 e. The highest BCUT2D eigenvalue weighted by molar-refractivity contribution is 7.90. The number of rotatable bonds is 11. The van der Waals surface area contributed by atoms with Gasteiger partial charge in [-0.2, -0.15) is 0 Å². The zero-order valence-corrected chi connectivity index (χ0v) is 31.6. The number of nitrogens with zero attached hydrogens (tertiary/aromatic N) is 2. The number of benzene rings is 4. The van der Waals surface area contributed by atoms with Gasteiger partial charge in [0, 0.05) is 36.0 Å². The van der Waals surface area contributed by atoms with Crippen LogP contribution in [0.3, 0.4) is 0 Å². The Bertz CT molecular complexity index is 2340. The first-order valence-electron chi connectivity index (χ1n) is 17.3. The van der Waals surface area contributed by atoms with Crippen molar-refractivity contribution in [2.45, 2.75) is 62.3 Å². The molecule has 1 saturated heterocycles. The topological polar surface area (TPSA) is 190 Å². The third kappa shape index (κ3) is 9.24. The molecule has 0 aliphatic carbocycles. The van der Waals surface area contributed by atoms with E-state index in [2.05, 4.69) is 10.3 Å². The first-order valence-corrected chi connectivity index (χ1v) is 19.1. The van der Waals surface area contributed by atoms with Gasteiger partial charge in [-0.25, -0.2) is 17.9 Å². The molecule has 14 nitrogen and oxygen atoms in total. The van der Waals surface area contributed by atoms with Gasteiger partial charge in [-0.1, -0.05) is 72.3 Å². The van der Waals surface area contributed by atoms with Crippen LogP contribution in [0.2, 0.25) is 5.02 Å². The second-order valence-electron chi connectivity index (χ2n) is 14.0. The number of nitro benzene ring substituents is 1. The number of nitro groups is 1. The standard InChI is InChI=1S/C39H38ClN5O9S/c1-39(2,3)54-38(48)44-23-28(53-27-15-13-25(14-16-27)24-9-5-4-6-10-24)20-35(44)37(47)42-33(19-26-22-41-32-12-8-7-11-30(26)32)36(46)43-55(51,52)29-17-18-31(40)34(21-29)45(49)50/h4-18,21-22,28,33,35,41H,19-20,23H2,1-3H3,(H,42,47)(H,43,46)/t28-,33-,35-/m0/s1. The molecule has 0 saturated carbocycles. The molecule has 1 aliphatic rings. The minimum Gasteiger partial charge on any atom is -0.488 e. The number of likely N-dealkylation sites (tertiary alicyclic amines) is 1. The van der Waals surface area contributed by atoms with Crippen LogP contribution in [0, 0.1) is 10.1 Å². The van der Waals surface area contributed by atoms with Gasteiger partial charge in [-0.3, -0.25) is 24.6 Å². The fourth-order valence-corrected chi connectivity index (χ4v) is 7.49. The number of hydrogen-bond donors (Lipinski definition) is 3. The monoisotopic (exact) mass is 787 g/mol. The van der Waals surface area contributed by atoms with Crippen LogP contribution in [-0.4, -0.2) is 71.5 Å². The highest BCUT2D eigenvalue weighted by Gasteiger charge is 2.44. The number of hydrogen-bond acceptors (Lipinski definition) is 9. The molecule has 1 aromatic heterocycles. The van der Waals surface area contributed by atoms with Crippen LogP contribution in [0.1, 0.15) is 32.8 Å². The third-order valence-electron chi connectivity index (χ3n) is 8.85. The van der Waals surface area contributed by atoms with Crippen molar-refractivity contribution < 1.29 is 37.2 Å². The summed E-state index contributed by atoms with van der Waals surface area (Å²) in [7, 11) is -4.69. The van der Waals surface area contributed by atoms with Crippen molar-refractivity contribution in [1.29, 1.82) is 0 Å². The number of sulfonamides is 1. The number of H-pyrrole nitrogens is 1. The second kappa shape index (κ2) is 15.8. The Hall–Kier alpha value is -5.93. The summed E-state index contributed by atoms with van der Waals surface area (Å²) in [5.41, 5.74) is 1.76. The Kier molecular flexibility index (Phi) is 11.2. The summed E-state index contributed by atoms with van der Waals surface area (Å²) in [6.07, 6.45) is 0.0872. The molecule has 0 unspecified atom stereocenters. The lowest BCUT2D eigenvalue weighted by Gasteiger charge is -2.28. The highest BCUT2D eigenvalue weighted by atomic mass is 35.5. The fourth-order valence-electron chi connectivity index (χ4n) is 6.26. The van der Waals surface area contributed by atoms with Crippen molar-refractivity contribution in [3.63, 3.8) is 0 Å². The van der Waals surface area contributed by atoms with Crippen molar-refractivity contribution >= 4 is 56.1 Å². The third-order valence-corrected chi connectivity index (χ3v) is 10.5. The van der Waals surface area contributed by atoms with E-state index < -0.39 is 67.2 Å². The minimum absolute atomic E-state index is 0.0174. The summed E-state index contributed by atoms with van der Waals surface area (Å²) < 4.78 is 40.6. The summed E-state index contributed by atoms with van der Waals surface area (Å²) in [5, 5.41) is 14.6. The fraction of sp³-hybridized carbons (Fsp3) is 0.256. The maximum absolute atomic E-state index is 14.2. The number of aromatic nitrogens is 1. The lowest BCUT2D eigenvalue weighted by atomic mass is 10.0. The molecule has 5 aromatic rings. The predicted octanol–water partition coefficient (Wildman–Crippen LogP) is 6.39. The summed E-state index contributed by atoms with van der Waals surface area (Å²) in [4.78, 5) is 55.9. The number of aromatic amines is 1. The van der Waals surface area contributed by atoms with Gasteiger partial charge in [0.2, 0.25) is 5.91 Å². The van der Waals surface area contributed by atoms with Gasteiger partial charge in [0.15, 0.2) is 0 Å². The van der Waals surface area contributed by atoms with E-state index in [1.54, 1.807) is 51.2 Å². The van der Waals surface area contributed by atoms with Gasteiger partial charge in [-0.05, 0) is 67.8 Å². The molecule has 3 N–H and O–H groups in total. The van der Waals surface area contributed by atoms with E-state index in [0.29, 0.717) is 11.3 Å². The summed E-state index contributed by atoms with van der Waals surface area (Å²) in [6, 6.07) is 24.5. The van der Waals surface area contributed by atoms with Crippen LogP contribution in [0.15, 0.2) is 108 Å². The minimum atomic E-state index is -4.69. The predicted molar refractivity (Wildman–Crippen MR) is 205 cm³/mol. The average Bonchev–Trinajstić information content (AvgIpc) is 3.75. The van der Waals surface area contributed by atoms with E-state index in [0.717, 1.165) is 40.2 Å². The molecule has 0 bridgehead atoms. The molecule has 2 heterocycles. The summed E-state index contributed by atoms with van der Waals surface area (Å²) in [5.74, 6) is -1.36. The number of halogens is 1. The van der Waals surface area contributed by atoms with Gasteiger partial charge in [0.25, 0.3) is 21.6 Å². The van der Waals surface area contributed by atoms with Crippen LogP contribution < -0.4 is 14.8 Å². The molecular formula is C39H38ClN5O9S. The molecule has 286 valence electrons. The van der Waals surface area contributed by atoms with Crippen LogP contribution in [0.5, 0.6) is 5.75 Å². The normalized spacial score (nSPS) is 16.3. The molecule has 3 atom stereocenters. The van der Waals surface area contributed by atoms with Crippen molar-refractivity contribution in [1.82, 2.24) is 19.9 Å². The first-order chi connectivity index (χ1) is 26.1. The average molecular weight is 788 g/mol. The Labute approximate surface area is 322 Å². The van der Waals surface area contributed by atoms with Gasteiger partial charge in [-0.15, -0.1) is 0 Å².